The first-order valence-electron chi connectivity index (χ1n) is 5.73. The summed E-state index contributed by atoms with van der Waals surface area (Å²) < 4.78 is 5.00. The van der Waals surface area contributed by atoms with Gasteiger partial charge in [-0.2, -0.15) is 0 Å². The van der Waals surface area contributed by atoms with Gasteiger partial charge in [-0.05, 0) is 31.5 Å². The number of aromatic nitrogens is 1. The molecule has 0 saturated carbocycles. The molecule has 3 heteroatoms. The Hall–Kier alpha value is -1.90. The van der Waals surface area contributed by atoms with Crippen LogP contribution in [0.2, 0.25) is 0 Å². The third kappa shape index (κ3) is 2.44. The number of hydrogen-bond acceptors (Lipinski definition) is 3. The number of rotatable bonds is 3. The molecule has 0 bridgehead atoms. The molecule has 0 amide bonds. The Morgan fingerprint density at radius 1 is 1.41 bits per heavy atom. The van der Waals surface area contributed by atoms with Crippen LogP contribution in [-0.2, 0) is 9.53 Å². The fourth-order valence-electron chi connectivity index (χ4n) is 1.73. The summed E-state index contributed by atoms with van der Waals surface area (Å²) in [5, 5.41) is 1.04. The van der Waals surface area contributed by atoms with E-state index in [0.29, 0.717) is 6.61 Å². The quantitative estimate of drug-likeness (QED) is 0.760. The van der Waals surface area contributed by atoms with Gasteiger partial charge in [-0.25, -0.2) is 0 Å². The van der Waals surface area contributed by atoms with Gasteiger partial charge in [0, 0.05) is 11.6 Å². The third-order valence-electron chi connectivity index (χ3n) is 2.75. The minimum atomic E-state index is -0.271. The Morgan fingerprint density at radius 2 is 2.18 bits per heavy atom. The fraction of sp³-hybridized carbons (Fsp3) is 0.286. The largest absolute Gasteiger partial charge is 0.466 e. The smallest absolute Gasteiger partial charge is 0.313 e. The molecule has 1 aromatic carbocycles. The van der Waals surface area contributed by atoms with Crippen LogP contribution in [0.1, 0.15) is 25.3 Å². The Kier molecular flexibility index (Phi) is 3.38. The topological polar surface area (TPSA) is 39.2 Å². The van der Waals surface area contributed by atoms with Crippen LogP contribution in [0.3, 0.4) is 0 Å². The van der Waals surface area contributed by atoms with E-state index in [0.717, 1.165) is 16.5 Å². The molecule has 1 atom stereocenters. The van der Waals surface area contributed by atoms with Crippen molar-refractivity contribution in [2.24, 2.45) is 0 Å². The van der Waals surface area contributed by atoms with Crippen molar-refractivity contribution in [3.8, 4) is 0 Å². The van der Waals surface area contributed by atoms with Crippen LogP contribution in [0.25, 0.3) is 10.9 Å². The molecule has 0 aliphatic carbocycles. The highest BCUT2D eigenvalue weighted by Gasteiger charge is 2.16. The van der Waals surface area contributed by atoms with Crippen LogP contribution in [0.4, 0.5) is 0 Å². The number of hydrogen-bond donors (Lipinski definition) is 0. The molecular formula is C14H15NO2. The molecule has 1 aromatic heterocycles. The number of carbonyl (C=O) groups is 1. The van der Waals surface area contributed by atoms with E-state index in [1.54, 1.807) is 6.20 Å². The summed E-state index contributed by atoms with van der Waals surface area (Å²) in [4.78, 5) is 16.0. The van der Waals surface area contributed by atoms with Crippen molar-refractivity contribution in [3.63, 3.8) is 0 Å². The number of ether oxygens (including phenoxy) is 1. The average molecular weight is 229 g/mol. The first-order valence-corrected chi connectivity index (χ1v) is 5.73. The van der Waals surface area contributed by atoms with Crippen molar-refractivity contribution >= 4 is 16.9 Å². The fourth-order valence-corrected chi connectivity index (χ4v) is 1.73. The monoisotopic (exact) mass is 229 g/mol. The summed E-state index contributed by atoms with van der Waals surface area (Å²) in [5.74, 6) is -0.475. The maximum absolute atomic E-state index is 11.6. The molecule has 0 aliphatic heterocycles. The average Bonchev–Trinajstić information content (AvgIpc) is 2.37. The van der Waals surface area contributed by atoms with Gasteiger partial charge in [0.15, 0.2) is 0 Å². The molecule has 0 spiro atoms. The van der Waals surface area contributed by atoms with E-state index in [-0.39, 0.29) is 11.9 Å². The lowest BCUT2D eigenvalue weighted by atomic mass is 10.0. The predicted octanol–water partition coefficient (Wildman–Crippen LogP) is 2.90. The predicted molar refractivity (Wildman–Crippen MR) is 66.8 cm³/mol. The summed E-state index contributed by atoms with van der Waals surface area (Å²) in [7, 11) is 0. The Morgan fingerprint density at radius 3 is 2.94 bits per heavy atom. The first kappa shape index (κ1) is 11.6. The van der Waals surface area contributed by atoms with Gasteiger partial charge < -0.3 is 4.74 Å². The molecule has 17 heavy (non-hydrogen) atoms. The first-order chi connectivity index (χ1) is 8.22. The van der Waals surface area contributed by atoms with Crippen LogP contribution >= 0.6 is 0 Å². The highest BCUT2D eigenvalue weighted by atomic mass is 16.5. The van der Waals surface area contributed by atoms with E-state index in [1.807, 2.05) is 44.2 Å². The number of fused-ring (bicyclic) bond motifs is 1. The molecule has 3 nitrogen and oxygen atoms in total. The second kappa shape index (κ2) is 4.95. The standard InChI is InChI=1S/C14H15NO2/c1-3-17-14(16)10(2)12-8-11-6-4-5-7-13(11)15-9-12/h4-10H,3H2,1-2H3. The summed E-state index contributed by atoms with van der Waals surface area (Å²) in [6, 6.07) is 9.84. The Bertz CT molecular complexity index is 536. The van der Waals surface area contributed by atoms with Gasteiger partial charge in [-0.1, -0.05) is 18.2 Å². The lowest BCUT2D eigenvalue weighted by Gasteiger charge is -2.10. The van der Waals surface area contributed by atoms with E-state index >= 15 is 0 Å². The minimum Gasteiger partial charge on any atom is -0.466 e. The third-order valence-corrected chi connectivity index (χ3v) is 2.75. The number of esters is 1. The van der Waals surface area contributed by atoms with Gasteiger partial charge in [0.1, 0.15) is 0 Å². The summed E-state index contributed by atoms with van der Waals surface area (Å²) in [6.45, 7) is 4.05. The van der Waals surface area contributed by atoms with Crippen molar-refractivity contribution in [2.45, 2.75) is 19.8 Å². The van der Waals surface area contributed by atoms with Crippen molar-refractivity contribution in [3.05, 3.63) is 42.1 Å². The van der Waals surface area contributed by atoms with Gasteiger partial charge in [0.2, 0.25) is 0 Å². The van der Waals surface area contributed by atoms with Crippen molar-refractivity contribution in [1.29, 1.82) is 0 Å². The van der Waals surface area contributed by atoms with Crippen LogP contribution < -0.4 is 0 Å². The van der Waals surface area contributed by atoms with E-state index < -0.39 is 0 Å². The van der Waals surface area contributed by atoms with E-state index in [4.69, 9.17) is 4.74 Å². The SMILES string of the molecule is CCOC(=O)C(C)c1cnc2ccccc2c1. The van der Waals surface area contributed by atoms with E-state index in [2.05, 4.69) is 4.98 Å². The van der Waals surface area contributed by atoms with E-state index in [9.17, 15) is 4.79 Å². The second-order valence-corrected chi connectivity index (χ2v) is 3.94. The van der Waals surface area contributed by atoms with Crippen molar-refractivity contribution in [2.75, 3.05) is 6.61 Å². The molecule has 0 aliphatic rings. The second-order valence-electron chi connectivity index (χ2n) is 3.94. The van der Waals surface area contributed by atoms with Crippen molar-refractivity contribution in [1.82, 2.24) is 4.98 Å². The highest BCUT2D eigenvalue weighted by Crippen LogP contribution is 2.20. The molecule has 0 N–H and O–H groups in total. The minimum absolute atomic E-state index is 0.204. The molecule has 0 fully saturated rings. The van der Waals surface area contributed by atoms with Gasteiger partial charge in [0.25, 0.3) is 0 Å². The highest BCUT2D eigenvalue weighted by molar-refractivity contribution is 5.82. The lowest BCUT2D eigenvalue weighted by Crippen LogP contribution is -2.13. The number of pyridine rings is 1. The van der Waals surface area contributed by atoms with Crippen LogP contribution in [0.5, 0.6) is 0 Å². The van der Waals surface area contributed by atoms with Gasteiger partial charge in [0.05, 0.1) is 18.0 Å². The Balaban J connectivity index is 2.32. The molecule has 0 saturated heterocycles. The zero-order chi connectivity index (χ0) is 12.3. The Labute approximate surface area is 100 Å². The van der Waals surface area contributed by atoms with Crippen molar-refractivity contribution < 1.29 is 9.53 Å². The maximum Gasteiger partial charge on any atom is 0.313 e. The number of benzene rings is 1. The van der Waals surface area contributed by atoms with Crippen LogP contribution in [-0.4, -0.2) is 17.6 Å². The van der Waals surface area contributed by atoms with Gasteiger partial charge >= 0.3 is 5.97 Å². The molecule has 0 radical (unpaired) electrons. The molecule has 2 aromatic rings. The summed E-state index contributed by atoms with van der Waals surface area (Å²) in [6.07, 6.45) is 1.74. The number of para-hydroxylation sites is 1. The number of nitrogens with zero attached hydrogens (tertiary/aromatic N) is 1. The molecule has 1 heterocycles. The van der Waals surface area contributed by atoms with E-state index in [1.165, 1.54) is 0 Å². The normalized spacial score (nSPS) is 12.4. The zero-order valence-electron chi connectivity index (χ0n) is 10.0. The molecular weight excluding hydrogens is 214 g/mol. The maximum atomic E-state index is 11.6. The van der Waals surface area contributed by atoms with Gasteiger partial charge in [-0.3, -0.25) is 9.78 Å². The molecule has 1 unspecified atom stereocenters. The zero-order valence-corrected chi connectivity index (χ0v) is 10.0. The van der Waals surface area contributed by atoms with Crippen LogP contribution in [0.15, 0.2) is 36.5 Å². The van der Waals surface area contributed by atoms with Gasteiger partial charge in [-0.15, -0.1) is 0 Å². The molecule has 88 valence electrons. The summed E-state index contributed by atoms with van der Waals surface area (Å²) in [5.41, 5.74) is 1.83. The number of carbonyl (C=O) groups excluding carboxylic acids is 1. The molecule has 2 rings (SSSR count). The summed E-state index contributed by atoms with van der Waals surface area (Å²) >= 11 is 0. The lowest BCUT2D eigenvalue weighted by molar-refractivity contribution is -0.144. The van der Waals surface area contributed by atoms with Crippen LogP contribution in [0, 0.1) is 0 Å².